The van der Waals surface area contributed by atoms with Crippen LogP contribution in [0.2, 0.25) is 0 Å². The second-order valence-electron chi connectivity index (χ2n) is 4.35. The number of hydrogen-bond donors (Lipinski definition) is 0. The van der Waals surface area contributed by atoms with E-state index in [0.29, 0.717) is 0 Å². The first-order valence-electron chi connectivity index (χ1n) is 4.99. The quantitative estimate of drug-likeness (QED) is 0.708. The van der Waals surface area contributed by atoms with Crippen LogP contribution in [0.15, 0.2) is 29.1 Å². The number of rotatable bonds is 1. The molecule has 0 heterocycles. The van der Waals surface area contributed by atoms with Gasteiger partial charge in [-0.2, -0.15) is 0 Å². The molecule has 0 aliphatic carbocycles. The van der Waals surface area contributed by atoms with Crippen LogP contribution in [0.5, 0.6) is 5.75 Å². The lowest BCUT2D eigenvalue weighted by Crippen LogP contribution is -2.27. The van der Waals surface area contributed by atoms with E-state index in [-0.39, 0.29) is 0 Å². The summed E-state index contributed by atoms with van der Waals surface area (Å²) in [5, 5.41) is 0. The van der Waals surface area contributed by atoms with E-state index < -0.39 is 28.8 Å². The third kappa shape index (κ3) is 4.63. The predicted molar refractivity (Wildman–Crippen MR) is 59.5 cm³/mol. The van der Waals surface area contributed by atoms with Crippen molar-refractivity contribution < 1.29 is 18.7 Å². The molecule has 5 heteroatoms. The van der Waals surface area contributed by atoms with E-state index >= 15 is 0 Å². The number of ether oxygens (including phenoxy) is 2. The van der Waals surface area contributed by atoms with Crippen molar-refractivity contribution in [3.05, 3.63) is 40.3 Å². The number of hydrogen-bond acceptors (Lipinski definition) is 4. The van der Waals surface area contributed by atoms with Crippen LogP contribution in [-0.4, -0.2) is 11.8 Å². The second-order valence-corrected chi connectivity index (χ2v) is 4.35. The Hall–Kier alpha value is -1.91. The first-order chi connectivity index (χ1) is 7.78. The molecule has 0 radical (unpaired) electrons. The molecule has 1 aromatic carbocycles. The minimum absolute atomic E-state index is 0.401. The van der Waals surface area contributed by atoms with Gasteiger partial charge in [0.05, 0.1) is 0 Å². The van der Waals surface area contributed by atoms with E-state index in [1.54, 1.807) is 20.8 Å². The van der Waals surface area contributed by atoms with Crippen molar-refractivity contribution in [3.8, 4) is 5.75 Å². The Bertz CT molecular complexity index is 477. The fraction of sp³-hybridized carbons (Fsp3) is 0.333. The Labute approximate surface area is 98.0 Å². The van der Waals surface area contributed by atoms with Gasteiger partial charge in [-0.25, -0.2) is 9.18 Å². The molecule has 0 aromatic heterocycles. The van der Waals surface area contributed by atoms with Gasteiger partial charge >= 0.3 is 6.16 Å². The summed E-state index contributed by atoms with van der Waals surface area (Å²) in [6.45, 7) is 4.95. The maximum absolute atomic E-state index is 13.0. The minimum atomic E-state index is -1.04. The summed E-state index contributed by atoms with van der Waals surface area (Å²) in [6.07, 6.45) is -1.04. The molecule has 0 saturated carbocycles. The highest BCUT2D eigenvalue weighted by Crippen LogP contribution is 2.11. The van der Waals surface area contributed by atoms with Gasteiger partial charge in [0.1, 0.15) is 11.4 Å². The molecule has 0 fully saturated rings. The van der Waals surface area contributed by atoms with Gasteiger partial charge in [-0.1, -0.05) is 6.07 Å². The average molecular weight is 240 g/mol. The van der Waals surface area contributed by atoms with Crippen molar-refractivity contribution in [2.75, 3.05) is 0 Å². The van der Waals surface area contributed by atoms with Gasteiger partial charge in [-0.05, 0) is 32.9 Å². The van der Waals surface area contributed by atoms with E-state index in [1.807, 2.05) is 0 Å². The van der Waals surface area contributed by atoms with Gasteiger partial charge in [-0.15, -0.1) is 0 Å². The van der Waals surface area contributed by atoms with Crippen molar-refractivity contribution >= 4 is 6.16 Å². The van der Waals surface area contributed by atoms with Crippen molar-refractivity contribution in [1.82, 2.24) is 0 Å². The summed E-state index contributed by atoms with van der Waals surface area (Å²) in [7, 11) is 0. The smallest absolute Gasteiger partial charge is 0.428 e. The van der Waals surface area contributed by atoms with E-state index in [4.69, 9.17) is 4.74 Å². The Morgan fingerprint density at radius 3 is 2.53 bits per heavy atom. The molecule has 0 saturated heterocycles. The van der Waals surface area contributed by atoms with Gasteiger partial charge in [0.2, 0.25) is 5.43 Å². The Morgan fingerprint density at radius 2 is 1.94 bits per heavy atom. The molecule has 0 unspecified atom stereocenters. The zero-order valence-corrected chi connectivity index (χ0v) is 9.82. The molecule has 0 spiro atoms. The van der Waals surface area contributed by atoms with Crippen LogP contribution < -0.4 is 10.2 Å². The fourth-order valence-electron chi connectivity index (χ4n) is 0.994. The molecule has 92 valence electrons. The van der Waals surface area contributed by atoms with E-state index in [0.717, 1.165) is 18.2 Å². The monoisotopic (exact) mass is 240 g/mol. The highest BCUT2D eigenvalue weighted by Gasteiger charge is 2.18. The molecular weight excluding hydrogens is 227 g/mol. The van der Waals surface area contributed by atoms with Gasteiger partial charge in [0.15, 0.2) is 5.75 Å². The third-order valence-electron chi connectivity index (χ3n) is 1.60. The second kappa shape index (κ2) is 4.95. The van der Waals surface area contributed by atoms with Crippen molar-refractivity contribution in [2.24, 2.45) is 0 Å². The first kappa shape index (κ1) is 13.2. The predicted octanol–water partition coefficient (Wildman–Crippen LogP) is 2.50. The number of carbonyl (C=O) groups is 1. The highest BCUT2D eigenvalue weighted by molar-refractivity contribution is 5.64. The summed E-state index contributed by atoms with van der Waals surface area (Å²) in [6, 6.07) is 4.26. The first-order valence-corrected chi connectivity index (χ1v) is 4.99. The van der Waals surface area contributed by atoms with Crippen molar-refractivity contribution in [2.45, 2.75) is 26.4 Å². The summed E-state index contributed by atoms with van der Waals surface area (Å²) >= 11 is 0. The lowest BCUT2D eigenvalue weighted by molar-refractivity contribution is 0.0204. The van der Waals surface area contributed by atoms with Crippen LogP contribution in [0.4, 0.5) is 9.18 Å². The fourth-order valence-corrected chi connectivity index (χ4v) is 0.994. The van der Waals surface area contributed by atoms with Crippen LogP contribution in [0.1, 0.15) is 20.8 Å². The van der Waals surface area contributed by atoms with Crippen LogP contribution in [0.3, 0.4) is 0 Å². The van der Waals surface area contributed by atoms with Gasteiger partial charge in [0.25, 0.3) is 0 Å². The number of carbonyl (C=O) groups excluding carboxylic acids is 1. The third-order valence-corrected chi connectivity index (χ3v) is 1.60. The zero-order valence-electron chi connectivity index (χ0n) is 9.82. The topological polar surface area (TPSA) is 52.6 Å². The molecule has 0 bridgehead atoms. The summed E-state index contributed by atoms with van der Waals surface area (Å²) < 4.78 is 22.5. The standard InChI is InChI=1S/C12H13FO4/c1-12(2,3)17-11(15)16-10-7-8(13)5-4-6-9(10)14/h4-7H,1-3H3. The summed E-state index contributed by atoms with van der Waals surface area (Å²) in [5.41, 5.74) is -1.34. The Morgan fingerprint density at radius 1 is 1.29 bits per heavy atom. The molecule has 4 nitrogen and oxygen atoms in total. The minimum Gasteiger partial charge on any atom is -0.428 e. The molecule has 0 amide bonds. The summed E-state index contributed by atoms with van der Waals surface area (Å²) in [5.74, 6) is -1.08. The SMILES string of the molecule is CC(C)(C)OC(=O)Oc1cc(F)cccc1=O. The van der Waals surface area contributed by atoms with Crippen LogP contribution in [0.25, 0.3) is 0 Å². The molecular formula is C12H13FO4. The summed E-state index contributed by atoms with van der Waals surface area (Å²) in [4.78, 5) is 22.7. The van der Waals surface area contributed by atoms with Crippen molar-refractivity contribution in [3.63, 3.8) is 0 Å². The van der Waals surface area contributed by atoms with Gasteiger partial charge in [0, 0.05) is 6.07 Å². The normalized spacial score (nSPS) is 10.8. The molecule has 0 aliphatic rings. The average Bonchev–Trinajstić information content (AvgIpc) is 2.26. The molecule has 17 heavy (non-hydrogen) atoms. The molecule has 0 aliphatic heterocycles. The van der Waals surface area contributed by atoms with Gasteiger partial charge < -0.3 is 9.47 Å². The van der Waals surface area contributed by atoms with Crippen LogP contribution >= 0.6 is 0 Å². The lowest BCUT2D eigenvalue weighted by atomic mass is 10.2. The molecule has 0 atom stereocenters. The largest absolute Gasteiger partial charge is 0.514 e. The van der Waals surface area contributed by atoms with E-state index in [2.05, 4.69) is 4.74 Å². The Kier molecular flexibility index (Phi) is 3.83. The number of halogens is 1. The Balaban J connectivity index is 2.90. The maximum atomic E-state index is 13.0. The van der Waals surface area contributed by atoms with Crippen LogP contribution in [-0.2, 0) is 4.74 Å². The van der Waals surface area contributed by atoms with E-state index in [9.17, 15) is 14.0 Å². The van der Waals surface area contributed by atoms with Crippen molar-refractivity contribution in [1.29, 1.82) is 0 Å². The zero-order chi connectivity index (χ0) is 13.1. The van der Waals surface area contributed by atoms with Gasteiger partial charge in [-0.3, -0.25) is 4.79 Å². The molecule has 0 N–H and O–H groups in total. The van der Waals surface area contributed by atoms with Crippen LogP contribution in [0, 0.1) is 5.82 Å². The lowest BCUT2D eigenvalue weighted by Gasteiger charge is -2.18. The molecule has 1 rings (SSSR count). The molecule has 1 aromatic rings. The highest BCUT2D eigenvalue weighted by atomic mass is 19.1. The maximum Gasteiger partial charge on any atom is 0.514 e. The van der Waals surface area contributed by atoms with E-state index in [1.165, 1.54) is 6.07 Å².